The fraction of sp³-hybridized carbons (Fsp3) is 0.250. The Labute approximate surface area is 227 Å². The van der Waals surface area contributed by atoms with E-state index in [1.807, 2.05) is 45.9 Å². The van der Waals surface area contributed by atoms with E-state index in [1.54, 1.807) is 36.0 Å². The van der Waals surface area contributed by atoms with Crippen LogP contribution in [0.25, 0.3) is 55.3 Å². The summed E-state index contributed by atoms with van der Waals surface area (Å²) in [5, 5.41) is 20.8. The topological polar surface area (TPSA) is 128 Å². The number of aromatic nitrogens is 7. The smallest absolute Gasteiger partial charge is 0.184 e. The van der Waals surface area contributed by atoms with Gasteiger partial charge in [0.25, 0.3) is 0 Å². The van der Waals surface area contributed by atoms with Crippen LogP contribution in [0.5, 0.6) is 0 Å². The minimum Gasteiger partial charge on any atom is -0.374 e. The predicted molar refractivity (Wildman–Crippen MR) is 152 cm³/mol. The molecule has 198 valence electrons. The Morgan fingerprint density at radius 2 is 1.97 bits per heavy atom. The first kappa shape index (κ1) is 25.1. The van der Waals surface area contributed by atoms with Crippen LogP contribution in [-0.4, -0.2) is 46.5 Å². The molecule has 6 aromatic rings. The first-order valence-corrected chi connectivity index (χ1v) is 13.3. The number of thiophene rings is 1. The summed E-state index contributed by atoms with van der Waals surface area (Å²) in [4.78, 5) is 23.4. The second kappa shape index (κ2) is 9.51. The molecule has 0 aliphatic heterocycles. The third-order valence-electron chi connectivity index (χ3n) is 6.32. The van der Waals surface area contributed by atoms with E-state index in [1.165, 1.54) is 11.1 Å². The molecule has 0 fully saturated rings. The second-order valence-electron chi connectivity index (χ2n) is 10.7. The van der Waals surface area contributed by atoms with E-state index in [-0.39, 0.29) is 22.0 Å². The zero-order valence-electron chi connectivity index (χ0n) is 21.9. The predicted octanol–water partition coefficient (Wildman–Crippen LogP) is 6.30. The molecule has 0 saturated heterocycles. The number of H-pyrrole nitrogens is 2. The van der Waals surface area contributed by atoms with Gasteiger partial charge in [0.2, 0.25) is 0 Å². The van der Waals surface area contributed by atoms with Crippen molar-refractivity contribution in [2.24, 2.45) is 5.41 Å². The number of hydrogen-bond acceptors (Lipinski definition) is 8. The average Bonchev–Trinajstić information content (AvgIpc) is 3.60. The lowest BCUT2D eigenvalue weighted by atomic mass is 9.91. The van der Waals surface area contributed by atoms with Crippen molar-refractivity contribution in [2.75, 3.05) is 5.32 Å². The molecule has 0 aliphatic carbocycles. The number of hydrogen-bond donors (Lipinski definition) is 4. The van der Waals surface area contributed by atoms with E-state index in [2.05, 4.69) is 35.5 Å². The van der Waals surface area contributed by atoms with Gasteiger partial charge < -0.3 is 15.4 Å². The third-order valence-corrected chi connectivity index (χ3v) is 7.33. The molecule has 6 rings (SSSR count). The molecule has 0 aromatic carbocycles. The largest absolute Gasteiger partial charge is 0.374 e. The Morgan fingerprint density at radius 3 is 2.74 bits per heavy atom. The summed E-state index contributed by atoms with van der Waals surface area (Å²) >= 11 is 1.64. The van der Waals surface area contributed by atoms with Crippen LogP contribution >= 0.6 is 11.3 Å². The number of aryl methyl sites for hydroxylation is 1. The van der Waals surface area contributed by atoms with Crippen LogP contribution in [0.2, 0.25) is 0 Å². The Morgan fingerprint density at radius 1 is 1.13 bits per heavy atom. The van der Waals surface area contributed by atoms with Gasteiger partial charge in [-0.2, -0.15) is 5.10 Å². The van der Waals surface area contributed by atoms with E-state index in [4.69, 9.17) is 4.98 Å². The van der Waals surface area contributed by atoms with Crippen molar-refractivity contribution >= 4 is 39.1 Å². The number of aliphatic hydroxyl groups is 1. The SMILES string of the molecule is Cc1ccc(-c2nccc3[nH]c(-c4[nH]nc5ncc(-c6cncc(NC(O)CC(C)(C)C)c6)c(F)c45)nc23)s1. The second-order valence-corrected chi connectivity index (χ2v) is 12.0. The summed E-state index contributed by atoms with van der Waals surface area (Å²) in [6, 6.07) is 7.65. The number of rotatable bonds is 6. The molecule has 1 unspecified atom stereocenters. The zero-order chi connectivity index (χ0) is 27.3. The molecule has 39 heavy (non-hydrogen) atoms. The highest BCUT2D eigenvalue weighted by Crippen LogP contribution is 2.35. The Kier molecular flexibility index (Phi) is 6.12. The van der Waals surface area contributed by atoms with Crippen LogP contribution in [0.3, 0.4) is 0 Å². The average molecular weight is 543 g/mol. The van der Waals surface area contributed by atoms with Crippen LogP contribution in [0.4, 0.5) is 10.1 Å². The molecule has 9 nitrogen and oxygen atoms in total. The minimum atomic E-state index is -0.765. The van der Waals surface area contributed by atoms with Gasteiger partial charge in [-0.1, -0.05) is 20.8 Å². The highest BCUT2D eigenvalue weighted by molar-refractivity contribution is 7.15. The van der Waals surface area contributed by atoms with E-state index in [0.717, 1.165) is 16.1 Å². The van der Waals surface area contributed by atoms with Crippen molar-refractivity contribution < 1.29 is 9.50 Å². The van der Waals surface area contributed by atoms with Gasteiger partial charge in [-0.15, -0.1) is 11.3 Å². The summed E-state index contributed by atoms with van der Waals surface area (Å²) in [6.45, 7) is 8.19. The molecule has 6 heterocycles. The highest BCUT2D eigenvalue weighted by Gasteiger charge is 2.22. The van der Waals surface area contributed by atoms with Crippen LogP contribution in [0.15, 0.2) is 49.1 Å². The lowest BCUT2D eigenvalue weighted by Gasteiger charge is -2.23. The van der Waals surface area contributed by atoms with Crippen LogP contribution in [-0.2, 0) is 0 Å². The van der Waals surface area contributed by atoms with Crippen molar-refractivity contribution in [2.45, 2.75) is 40.3 Å². The summed E-state index contributed by atoms with van der Waals surface area (Å²) in [5.74, 6) is -0.0580. The molecule has 0 spiro atoms. The molecular weight excluding hydrogens is 515 g/mol. The quantitative estimate of drug-likeness (QED) is 0.182. The molecular formula is C28H27FN8OS. The number of nitrogens with one attached hydrogen (secondary N) is 3. The lowest BCUT2D eigenvalue weighted by molar-refractivity contribution is 0.145. The van der Waals surface area contributed by atoms with Gasteiger partial charge in [0.1, 0.15) is 28.9 Å². The van der Waals surface area contributed by atoms with Gasteiger partial charge in [-0.25, -0.2) is 14.4 Å². The monoisotopic (exact) mass is 542 g/mol. The maximum absolute atomic E-state index is 16.1. The number of anilines is 1. The van der Waals surface area contributed by atoms with E-state index < -0.39 is 12.0 Å². The minimum absolute atomic E-state index is 0.0631. The first-order valence-electron chi connectivity index (χ1n) is 12.5. The van der Waals surface area contributed by atoms with Gasteiger partial charge in [0.05, 0.1) is 27.7 Å². The maximum Gasteiger partial charge on any atom is 0.184 e. The van der Waals surface area contributed by atoms with Crippen molar-refractivity contribution in [1.29, 1.82) is 0 Å². The number of aromatic amines is 2. The van der Waals surface area contributed by atoms with E-state index in [9.17, 15) is 5.11 Å². The Bertz CT molecular complexity index is 1820. The standard InChI is InChI=1S/C28H27FN8OS/c1-14-5-6-19(39-14)24-23-18(7-8-31-24)34-27(35-23)25-21-22(29)17(13-32-26(21)37-36-25)15-9-16(12-30-11-15)33-20(38)10-28(2,3)4/h5-9,11-13,20,33,38H,10H2,1-4H3,(H,34,35)(H,32,36,37). The molecule has 1 atom stereocenters. The fourth-order valence-electron chi connectivity index (χ4n) is 4.61. The zero-order valence-corrected chi connectivity index (χ0v) is 22.7. The van der Waals surface area contributed by atoms with E-state index in [0.29, 0.717) is 34.7 Å². The maximum atomic E-state index is 16.1. The molecule has 0 saturated carbocycles. The van der Waals surface area contributed by atoms with Crippen LogP contribution in [0.1, 0.15) is 32.1 Å². The number of nitrogens with zero attached hydrogens (tertiary/aromatic N) is 5. The molecule has 4 N–H and O–H groups in total. The fourth-order valence-corrected chi connectivity index (χ4v) is 5.47. The Balaban J connectivity index is 1.40. The number of aliphatic hydroxyl groups excluding tert-OH is 1. The third kappa shape index (κ3) is 4.86. The molecule has 0 amide bonds. The van der Waals surface area contributed by atoms with Crippen molar-refractivity contribution in [3.63, 3.8) is 0 Å². The molecule has 0 bridgehead atoms. The number of fused-ring (bicyclic) bond motifs is 2. The molecule has 11 heteroatoms. The van der Waals surface area contributed by atoms with Crippen molar-refractivity contribution in [3.05, 3.63) is 59.7 Å². The van der Waals surface area contributed by atoms with Gasteiger partial charge in [-0.3, -0.25) is 15.1 Å². The molecule has 0 aliphatic rings. The summed E-state index contributed by atoms with van der Waals surface area (Å²) in [5.41, 5.74) is 4.17. The Hall–Kier alpha value is -4.22. The lowest BCUT2D eigenvalue weighted by Crippen LogP contribution is -2.25. The van der Waals surface area contributed by atoms with Gasteiger partial charge >= 0.3 is 0 Å². The summed E-state index contributed by atoms with van der Waals surface area (Å²) < 4.78 is 16.1. The van der Waals surface area contributed by atoms with Crippen molar-refractivity contribution in [1.82, 2.24) is 35.1 Å². The number of imidazole rings is 1. The molecule has 0 radical (unpaired) electrons. The first-order chi connectivity index (χ1) is 18.7. The van der Waals surface area contributed by atoms with Crippen LogP contribution < -0.4 is 5.32 Å². The number of halogens is 1. The van der Waals surface area contributed by atoms with E-state index >= 15 is 4.39 Å². The van der Waals surface area contributed by atoms with Gasteiger partial charge in [0, 0.05) is 34.6 Å². The van der Waals surface area contributed by atoms with Crippen molar-refractivity contribution in [3.8, 4) is 33.2 Å². The van der Waals surface area contributed by atoms with Crippen LogP contribution in [0, 0.1) is 18.2 Å². The van der Waals surface area contributed by atoms with Gasteiger partial charge in [-0.05, 0) is 43.0 Å². The van der Waals surface area contributed by atoms with Gasteiger partial charge in [0.15, 0.2) is 11.5 Å². The number of pyridine rings is 3. The summed E-state index contributed by atoms with van der Waals surface area (Å²) in [7, 11) is 0. The molecule has 6 aromatic heterocycles. The highest BCUT2D eigenvalue weighted by atomic mass is 32.1. The normalized spacial score (nSPS) is 12.9. The summed E-state index contributed by atoms with van der Waals surface area (Å²) in [6.07, 6.45) is 6.10.